The number of piperazine rings is 1. The van der Waals surface area contributed by atoms with Crippen LogP contribution in [0.2, 0.25) is 0 Å². The van der Waals surface area contributed by atoms with E-state index in [0.717, 1.165) is 55.4 Å². The second-order valence-electron chi connectivity index (χ2n) is 6.66. The molecular formula is C21H23N5O4. The van der Waals surface area contributed by atoms with Crippen LogP contribution in [0.25, 0.3) is 11.0 Å². The molecule has 1 aliphatic heterocycles. The fourth-order valence-corrected chi connectivity index (χ4v) is 3.11. The molecule has 0 radical (unpaired) electrons. The van der Waals surface area contributed by atoms with E-state index < -0.39 is 11.9 Å². The zero-order valence-corrected chi connectivity index (χ0v) is 16.3. The molecule has 0 atom stereocenters. The predicted octanol–water partition coefficient (Wildman–Crippen LogP) is 1.99. The maximum absolute atomic E-state index is 9.55. The third-order valence-corrected chi connectivity index (χ3v) is 4.53. The first-order valence-electron chi connectivity index (χ1n) is 9.47. The van der Waals surface area contributed by atoms with Crippen LogP contribution in [0.15, 0.2) is 60.8 Å². The van der Waals surface area contributed by atoms with Gasteiger partial charge in [0, 0.05) is 44.5 Å². The molecule has 0 saturated carbocycles. The molecule has 1 saturated heterocycles. The first-order valence-corrected chi connectivity index (χ1v) is 9.47. The van der Waals surface area contributed by atoms with E-state index in [9.17, 15) is 9.59 Å². The number of carbonyl (C=O) groups is 2. The van der Waals surface area contributed by atoms with Gasteiger partial charge in [0.1, 0.15) is 11.6 Å². The third-order valence-electron chi connectivity index (χ3n) is 4.53. The first-order chi connectivity index (χ1) is 14.5. The van der Waals surface area contributed by atoms with E-state index in [1.54, 1.807) is 0 Å². The van der Waals surface area contributed by atoms with Crippen molar-refractivity contribution in [2.45, 2.75) is 6.54 Å². The largest absolute Gasteiger partial charge is 0.478 e. The molecule has 0 aliphatic carbocycles. The number of para-hydroxylation sites is 2. The summed E-state index contributed by atoms with van der Waals surface area (Å²) in [5.74, 6) is -0.391. The minimum atomic E-state index is -1.26. The Bertz CT molecular complexity index is 961. The Morgan fingerprint density at radius 1 is 0.967 bits per heavy atom. The van der Waals surface area contributed by atoms with Crippen molar-refractivity contribution in [3.63, 3.8) is 0 Å². The maximum Gasteiger partial charge on any atom is 0.328 e. The van der Waals surface area contributed by atoms with Crippen LogP contribution in [0, 0.1) is 0 Å². The van der Waals surface area contributed by atoms with E-state index in [2.05, 4.69) is 36.9 Å². The van der Waals surface area contributed by atoms with Crippen molar-refractivity contribution in [3.8, 4) is 0 Å². The van der Waals surface area contributed by atoms with Gasteiger partial charge in [0.15, 0.2) is 0 Å². The van der Waals surface area contributed by atoms with Gasteiger partial charge >= 0.3 is 11.9 Å². The molecule has 0 bridgehead atoms. The summed E-state index contributed by atoms with van der Waals surface area (Å²) in [5, 5.41) is 15.6. The summed E-state index contributed by atoms with van der Waals surface area (Å²) < 4.78 is 0. The molecule has 30 heavy (non-hydrogen) atoms. The fourth-order valence-electron chi connectivity index (χ4n) is 3.11. The van der Waals surface area contributed by atoms with Crippen molar-refractivity contribution in [1.29, 1.82) is 0 Å². The SMILES string of the molecule is O=C(O)/C=C/C(=O)O.c1ccc(N2CCN(Cc3nc4ccccc4[nH]3)CC2)nc1. The maximum atomic E-state index is 9.55. The van der Waals surface area contributed by atoms with Gasteiger partial charge in [-0.2, -0.15) is 0 Å². The normalized spacial score (nSPS) is 14.5. The number of aliphatic carboxylic acids is 2. The molecule has 2 aromatic heterocycles. The van der Waals surface area contributed by atoms with E-state index in [-0.39, 0.29) is 0 Å². The molecule has 0 amide bonds. The van der Waals surface area contributed by atoms with E-state index in [4.69, 9.17) is 10.2 Å². The summed E-state index contributed by atoms with van der Waals surface area (Å²) >= 11 is 0. The molecule has 3 heterocycles. The number of anilines is 1. The Morgan fingerprint density at radius 3 is 2.23 bits per heavy atom. The second kappa shape index (κ2) is 10.2. The van der Waals surface area contributed by atoms with E-state index >= 15 is 0 Å². The van der Waals surface area contributed by atoms with Crippen LogP contribution < -0.4 is 4.90 Å². The summed E-state index contributed by atoms with van der Waals surface area (Å²) in [6.07, 6.45) is 2.97. The number of benzene rings is 1. The average Bonchev–Trinajstić information content (AvgIpc) is 3.16. The van der Waals surface area contributed by atoms with Crippen LogP contribution in [0.1, 0.15) is 5.82 Å². The molecule has 3 N–H and O–H groups in total. The number of nitrogens with zero attached hydrogens (tertiary/aromatic N) is 4. The molecule has 1 fully saturated rings. The molecule has 0 unspecified atom stereocenters. The zero-order chi connectivity index (χ0) is 21.3. The van der Waals surface area contributed by atoms with Gasteiger partial charge in [0.2, 0.25) is 0 Å². The summed E-state index contributed by atoms with van der Waals surface area (Å²) in [5.41, 5.74) is 2.16. The minimum absolute atomic E-state index is 0.558. The lowest BCUT2D eigenvalue weighted by Crippen LogP contribution is -2.46. The quantitative estimate of drug-likeness (QED) is 0.547. The van der Waals surface area contributed by atoms with Crippen LogP contribution in [0.3, 0.4) is 0 Å². The second-order valence-corrected chi connectivity index (χ2v) is 6.66. The number of imidazole rings is 1. The fraction of sp³-hybridized carbons (Fsp3) is 0.238. The van der Waals surface area contributed by atoms with Gasteiger partial charge in [-0.1, -0.05) is 18.2 Å². The molecule has 0 spiro atoms. The standard InChI is InChI=1S/C17H19N5.C4H4O4/c1-2-6-15-14(5-1)19-16(20-15)13-21-9-11-22(12-10-21)17-7-3-4-8-18-17;5-3(6)1-2-4(7)8/h1-8H,9-13H2,(H,19,20);1-2H,(H,5,6)(H,7,8)/b;2-1+. The van der Waals surface area contributed by atoms with Gasteiger partial charge in [-0.05, 0) is 24.3 Å². The Labute approximate surface area is 173 Å². The van der Waals surface area contributed by atoms with Gasteiger partial charge in [0.25, 0.3) is 0 Å². The van der Waals surface area contributed by atoms with Crippen LogP contribution >= 0.6 is 0 Å². The number of carboxylic acids is 2. The number of nitrogens with one attached hydrogen (secondary N) is 1. The van der Waals surface area contributed by atoms with Crippen molar-refractivity contribution in [1.82, 2.24) is 19.9 Å². The van der Waals surface area contributed by atoms with Crippen LogP contribution in [0.5, 0.6) is 0 Å². The molecule has 9 nitrogen and oxygen atoms in total. The highest BCUT2D eigenvalue weighted by Crippen LogP contribution is 2.15. The van der Waals surface area contributed by atoms with Gasteiger partial charge < -0.3 is 20.1 Å². The lowest BCUT2D eigenvalue weighted by atomic mass is 10.3. The van der Waals surface area contributed by atoms with Crippen LogP contribution in [0.4, 0.5) is 5.82 Å². The van der Waals surface area contributed by atoms with E-state index in [1.807, 2.05) is 36.5 Å². The van der Waals surface area contributed by atoms with E-state index in [1.165, 1.54) is 0 Å². The lowest BCUT2D eigenvalue weighted by Gasteiger charge is -2.34. The van der Waals surface area contributed by atoms with Crippen molar-refractivity contribution in [2.24, 2.45) is 0 Å². The van der Waals surface area contributed by atoms with Crippen LogP contribution in [-0.2, 0) is 16.1 Å². The number of aromatic nitrogens is 3. The highest BCUT2D eigenvalue weighted by atomic mass is 16.4. The topological polar surface area (TPSA) is 123 Å². The number of fused-ring (bicyclic) bond motifs is 1. The van der Waals surface area contributed by atoms with Crippen molar-refractivity contribution >= 4 is 28.8 Å². The molecule has 3 aromatic rings. The smallest absolute Gasteiger partial charge is 0.328 e. The van der Waals surface area contributed by atoms with Crippen molar-refractivity contribution in [3.05, 3.63) is 66.6 Å². The van der Waals surface area contributed by atoms with Crippen LogP contribution in [-0.4, -0.2) is 68.2 Å². The zero-order valence-electron chi connectivity index (χ0n) is 16.3. The molecule has 4 rings (SSSR count). The highest BCUT2D eigenvalue weighted by Gasteiger charge is 2.18. The van der Waals surface area contributed by atoms with Crippen molar-refractivity contribution < 1.29 is 19.8 Å². The molecule has 1 aromatic carbocycles. The predicted molar refractivity (Wildman–Crippen MR) is 112 cm³/mol. The number of rotatable bonds is 5. The average molecular weight is 409 g/mol. The van der Waals surface area contributed by atoms with Gasteiger partial charge in [0.05, 0.1) is 17.6 Å². The number of pyridine rings is 1. The van der Waals surface area contributed by atoms with Gasteiger partial charge in [-0.15, -0.1) is 0 Å². The summed E-state index contributed by atoms with van der Waals surface area (Å²) in [6, 6.07) is 14.3. The van der Waals surface area contributed by atoms with Gasteiger partial charge in [-0.3, -0.25) is 4.90 Å². The number of aromatic amines is 1. The Kier molecular flexibility index (Phi) is 7.12. The van der Waals surface area contributed by atoms with Gasteiger partial charge in [-0.25, -0.2) is 19.6 Å². The molecule has 156 valence electrons. The van der Waals surface area contributed by atoms with E-state index in [0.29, 0.717) is 12.2 Å². The molecule has 9 heteroatoms. The summed E-state index contributed by atoms with van der Waals surface area (Å²) in [7, 11) is 0. The molecule has 1 aliphatic rings. The lowest BCUT2D eigenvalue weighted by molar-refractivity contribution is -0.134. The monoisotopic (exact) mass is 409 g/mol. The summed E-state index contributed by atoms with van der Waals surface area (Å²) in [4.78, 5) is 36.4. The summed E-state index contributed by atoms with van der Waals surface area (Å²) in [6.45, 7) is 4.97. The number of hydrogen-bond acceptors (Lipinski definition) is 6. The number of carboxylic acid groups (broad SMARTS) is 2. The minimum Gasteiger partial charge on any atom is -0.478 e. The van der Waals surface area contributed by atoms with Crippen molar-refractivity contribution in [2.75, 3.05) is 31.1 Å². The first kappa shape index (κ1) is 21.0. The Hall–Kier alpha value is -3.72. The highest BCUT2D eigenvalue weighted by molar-refractivity contribution is 5.89. The Balaban J connectivity index is 0.000000275. The number of H-pyrrole nitrogens is 1. The number of hydrogen-bond donors (Lipinski definition) is 3. The Morgan fingerprint density at radius 2 is 1.63 bits per heavy atom. The third kappa shape index (κ3) is 6.14. The molecular weight excluding hydrogens is 386 g/mol.